The molecule has 0 saturated heterocycles. The van der Waals surface area contributed by atoms with E-state index in [9.17, 15) is 18.0 Å². The maximum atomic E-state index is 13.5. The second kappa shape index (κ2) is 9.35. The van der Waals surface area contributed by atoms with Crippen LogP contribution in [0.4, 0.5) is 24.9 Å². The Morgan fingerprint density at radius 3 is 2.59 bits per heavy atom. The van der Waals surface area contributed by atoms with E-state index in [2.05, 4.69) is 25.9 Å². The number of amides is 1. The van der Waals surface area contributed by atoms with Gasteiger partial charge in [-0.3, -0.25) is 4.79 Å². The lowest BCUT2D eigenvalue weighted by molar-refractivity contribution is -0.141. The summed E-state index contributed by atoms with van der Waals surface area (Å²) in [6, 6.07) is 15.7. The minimum absolute atomic E-state index is 0.00914. The second-order valence-corrected chi connectivity index (χ2v) is 7.40. The van der Waals surface area contributed by atoms with Crippen LogP contribution in [0.2, 0.25) is 0 Å². The number of nitrogens with one attached hydrogen (secondary N) is 2. The van der Waals surface area contributed by atoms with Gasteiger partial charge in [0, 0.05) is 18.3 Å². The fourth-order valence-electron chi connectivity index (χ4n) is 3.04. The van der Waals surface area contributed by atoms with Crippen molar-refractivity contribution in [3.05, 3.63) is 71.9 Å². The molecule has 4 aromatic rings. The summed E-state index contributed by atoms with van der Waals surface area (Å²) in [5.41, 5.74) is 6.00. The van der Waals surface area contributed by atoms with E-state index in [-0.39, 0.29) is 30.1 Å². The van der Waals surface area contributed by atoms with Gasteiger partial charge in [0.05, 0.1) is 11.7 Å². The van der Waals surface area contributed by atoms with Gasteiger partial charge < -0.3 is 20.8 Å². The topological polar surface area (TPSA) is 124 Å². The first-order chi connectivity index (χ1) is 16.2. The van der Waals surface area contributed by atoms with Crippen molar-refractivity contribution in [2.45, 2.75) is 25.7 Å². The first-order valence-corrected chi connectivity index (χ1v) is 10.2. The number of alkyl halides is 3. The molecule has 0 fully saturated rings. The summed E-state index contributed by atoms with van der Waals surface area (Å²) in [6.07, 6.45) is -4.69. The molecule has 2 aromatic carbocycles. The Bertz CT molecular complexity index is 1280. The molecule has 1 unspecified atom stereocenters. The summed E-state index contributed by atoms with van der Waals surface area (Å²) in [5, 5.41) is 17.0. The van der Waals surface area contributed by atoms with Crippen LogP contribution in [0, 0.1) is 0 Å². The smallest absolute Gasteiger partial charge is 0.401 e. The van der Waals surface area contributed by atoms with Gasteiger partial charge in [0.2, 0.25) is 5.91 Å². The molecule has 0 aliphatic rings. The van der Waals surface area contributed by atoms with Crippen molar-refractivity contribution >= 4 is 17.6 Å². The van der Waals surface area contributed by atoms with Crippen LogP contribution in [-0.2, 0) is 17.5 Å². The first kappa shape index (κ1) is 23.0. The average Bonchev–Trinajstić information content (AvgIpc) is 3.45. The molecule has 0 aliphatic carbocycles. The van der Waals surface area contributed by atoms with Gasteiger partial charge in [-0.25, -0.2) is 4.68 Å². The Balaban J connectivity index is 1.67. The third-order valence-corrected chi connectivity index (χ3v) is 4.70. The predicted octanol–water partition coefficient (Wildman–Crippen LogP) is 3.65. The molecule has 0 saturated carbocycles. The number of para-hydroxylation sites is 1. The molecule has 0 radical (unpaired) electrons. The molecule has 34 heavy (non-hydrogen) atoms. The van der Waals surface area contributed by atoms with E-state index < -0.39 is 17.9 Å². The Hall–Kier alpha value is -4.19. The first-order valence-electron chi connectivity index (χ1n) is 10.2. The van der Waals surface area contributed by atoms with E-state index in [0.717, 1.165) is 10.7 Å². The molecule has 0 spiro atoms. The summed E-state index contributed by atoms with van der Waals surface area (Å²) in [4.78, 5) is 11.7. The number of nitrogens with two attached hydrogens (primary N) is 1. The highest BCUT2D eigenvalue weighted by Crippen LogP contribution is 2.33. The third-order valence-electron chi connectivity index (χ3n) is 4.70. The number of carbonyl (C=O) groups is 1. The minimum Gasteiger partial charge on any atom is -0.401 e. The van der Waals surface area contributed by atoms with Crippen molar-refractivity contribution in [1.29, 1.82) is 0 Å². The highest BCUT2D eigenvalue weighted by molar-refractivity contribution is 5.80. The van der Waals surface area contributed by atoms with Gasteiger partial charge >= 0.3 is 12.2 Å². The van der Waals surface area contributed by atoms with Gasteiger partial charge in [-0.05, 0) is 36.8 Å². The van der Waals surface area contributed by atoms with Gasteiger partial charge in [0.1, 0.15) is 5.69 Å². The van der Waals surface area contributed by atoms with E-state index >= 15 is 0 Å². The van der Waals surface area contributed by atoms with Crippen LogP contribution in [0.3, 0.4) is 0 Å². The second-order valence-electron chi connectivity index (χ2n) is 7.40. The summed E-state index contributed by atoms with van der Waals surface area (Å²) in [5.74, 6) is -0.508. The lowest BCUT2D eigenvalue weighted by Crippen LogP contribution is -2.37. The molecule has 4 rings (SSSR count). The van der Waals surface area contributed by atoms with E-state index in [1.165, 1.54) is 0 Å². The number of carbonyl (C=O) groups excluding carboxylic acids is 1. The highest BCUT2D eigenvalue weighted by atomic mass is 19.4. The number of halogens is 3. The van der Waals surface area contributed by atoms with Crippen molar-refractivity contribution in [3.8, 4) is 17.3 Å². The summed E-state index contributed by atoms with van der Waals surface area (Å²) >= 11 is 0. The highest BCUT2D eigenvalue weighted by Gasteiger charge is 2.36. The van der Waals surface area contributed by atoms with Gasteiger partial charge in [0.15, 0.2) is 5.69 Å². The van der Waals surface area contributed by atoms with E-state index in [4.69, 9.17) is 10.2 Å². The van der Waals surface area contributed by atoms with Gasteiger partial charge in [0.25, 0.3) is 5.89 Å². The molecular weight excluding hydrogens is 451 g/mol. The fourth-order valence-corrected chi connectivity index (χ4v) is 3.04. The van der Waals surface area contributed by atoms with Gasteiger partial charge in [-0.1, -0.05) is 35.4 Å². The van der Waals surface area contributed by atoms with Crippen molar-refractivity contribution < 1.29 is 22.4 Å². The molecule has 1 amide bonds. The van der Waals surface area contributed by atoms with Crippen molar-refractivity contribution in [2.24, 2.45) is 5.73 Å². The lowest BCUT2D eigenvalue weighted by Gasteiger charge is -2.10. The van der Waals surface area contributed by atoms with E-state index in [0.29, 0.717) is 16.9 Å². The molecular formula is C22H20F3N7O2. The normalized spacial score (nSPS) is 12.4. The monoisotopic (exact) mass is 471 g/mol. The Kier molecular flexibility index (Phi) is 6.32. The van der Waals surface area contributed by atoms with E-state index in [1.54, 1.807) is 55.5 Å². The molecule has 0 aliphatic heterocycles. The van der Waals surface area contributed by atoms with Gasteiger partial charge in [-0.15, -0.1) is 5.10 Å². The molecule has 176 valence electrons. The van der Waals surface area contributed by atoms with Crippen LogP contribution >= 0.6 is 0 Å². The molecule has 9 nitrogen and oxygen atoms in total. The van der Waals surface area contributed by atoms with Gasteiger partial charge in [-0.2, -0.15) is 18.3 Å². The molecule has 2 aromatic heterocycles. The fraction of sp³-hybridized carbons (Fsp3) is 0.182. The summed E-state index contributed by atoms with van der Waals surface area (Å²) < 4.78 is 47.0. The SMILES string of the molecule is CC(N)C(=O)NCc1cccc(-n2nc(C(F)(F)F)cc2-c2nnc(Nc3ccccc3)o2)c1. The number of hydrogen-bond acceptors (Lipinski definition) is 7. The van der Waals surface area contributed by atoms with E-state index in [1.807, 2.05) is 6.07 Å². The minimum atomic E-state index is -4.69. The maximum Gasteiger partial charge on any atom is 0.435 e. The quantitative estimate of drug-likeness (QED) is 0.376. The standard InChI is InChI=1S/C22H20F3N7O2/c1-13(26)19(33)27-12-14-6-5-9-16(10-14)32-17(11-18(31-32)22(23,24)25)20-29-30-21(34-20)28-15-7-3-2-4-8-15/h2-11,13H,12,26H2,1H3,(H,27,33)(H,28,30). The molecule has 12 heteroatoms. The third kappa shape index (κ3) is 5.23. The summed E-state index contributed by atoms with van der Waals surface area (Å²) in [7, 11) is 0. The van der Waals surface area contributed by atoms with Crippen molar-refractivity contribution in [2.75, 3.05) is 5.32 Å². The van der Waals surface area contributed by atoms with Crippen molar-refractivity contribution in [1.82, 2.24) is 25.3 Å². The zero-order chi connectivity index (χ0) is 24.3. The summed E-state index contributed by atoms with van der Waals surface area (Å²) in [6.45, 7) is 1.69. The van der Waals surface area contributed by atoms with Crippen LogP contribution in [0.1, 0.15) is 18.2 Å². The average molecular weight is 471 g/mol. The molecule has 4 N–H and O–H groups in total. The Morgan fingerprint density at radius 1 is 1.12 bits per heavy atom. The molecule has 2 heterocycles. The molecule has 1 atom stereocenters. The molecule has 0 bridgehead atoms. The van der Waals surface area contributed by atoms with Crippen LogP contribution in [0.25, 0.3) is 17.3 Å². The van der Waals surface area contributed by atoms with Crippen molar-refractivity contribution in [3.63, 3.8) is 0 Å². The number of anilines is 2. The largest absolute Gasteiger partial charge is 0.435 e. The number of nitrogens with zero attached hydrogens (tertiary/aromatic N) is 4. The van der Waals surface area contributed by atoms with Crippen LogP contribution < -0.4 is 16.4 Å². The van der Waals surface area contributed by atoms with Crippen LogP contribution in [-0.4, -0.2) is 31.9 Å². The number of rotatable bonds is 7. The van der Waals surface area contributed by atoms with Crippen LogP contribution in [0.15, 0.2) is 65.1 Å². The zero-order valence-corrected chi connectivity index (χ0v) is 17.9. The number of hydrogen-bond donors (Lipinski definition) is 3. The number of benzene rings is 2. The number of aromatic nitrogens is 4. The lowest BCUT2D eigenvalue weighted by atomic mass is 10.2. The van der Waals surface area contributed by atoms with Crippen LogP contribution in [0.5, 0.6) is 0 Å². The Labute approximate surface area is 191 Å². The zero-order valence-electron chi connectivity index (χ0n) is 17.9. The Morgan fingerprint density at radius 2 is 1.88 bits per heavy atom. The predicted molar refractivity (Wildman–Crippen MR) is 117 cm³/mol. The maximum absolute atomic E-state index is 13.5.